The summed E-state index contributed by atoms with van der Waals surface area (Å²) >= 11 is 0. The number of aliphatic hydroxyl groups excluding tert-OH is 1. The first-order valence-electron chi connectivity index (χ1n) is 7.59. The fourth-order valence-corrected chi connectivity index (χ4v) is 2.36. The smallest absolute Gasteiger partial charge is 0.182 e. The zero-order valence-electron chi connectivity index (χ0n) is 13.0. The van der Waals surface area contributed by atoms with Gasteiger partial charge in [-0.05, 0) is 40.6 Å². The Balaban J connectivity index is 1.72. The van der Waals surface area contributed by atoms with Gasteiger partial charge in [0.1, 0.15) is 0 Å². The van der Waals surface area contributed by atoms with Crippen LogP contribution in [0.2, 0.25) is 0 Å². The zero-order valence-corrected chi connectivity index (χ0v) is 13.0. The Morgan fingerprint density at radius 2 is 1.87 bits per heavy atom. The third-order valence-electron chi connectivity index (χ3n) is 3.65. The highest BCUT2D eigenvalue weighted by Gasteiger charge is 2.07. The Hall–Kier alpha value is -2.73. The number of nitrogens with zero attached hydrogens (tertiary/aromatic N) is 4. The molecular formula is C17H19N5O. The van der Waals surface area contributed by atoms with E-state index in [0.29, 0.717) is 6.54 Å². The summed E-state index contributed by atoms with van der Waals surface area (Å²) in [6.07, 6.45) is 0. The molecule has 0 amide bonds. The molecule has 0 saturated heterocycles. The van der Waals surface area contributed by atoms with Gasteiger partial charge in [0.05, 0.1) is 6.61 Å². The first kappa shape index (κ1) is 15.2. The molecule has 0 aliphatic heterocycles. The van der Waals surface area contributed by atoms with Crippen molar-refractivity contribution in [1.82, 2.24) is 20.2 Å². The fraction of sp³-hybridized carbons (Fsp3) is 0.235. The number of hydrogen-bond donors (Lipinski definition) is 2. The van der Waals surface area contributed by atoms with Gasteiger partial charge in [0.15, 0.2) is 5.82 Å². The van der Waals surface area contributed by atoms with E-state index >= 15 is 0 Å². The molecule has 1 heterocycles. The van der Waals surface area contributed by atoms with Gasteiger partial charge in [0, 0.05) is 24.3 Å². The van der Waals surface area contributed by atoms with Crippen LogP contribution in [0.3, 0.4) is 0 Å². The number of rotatable bonds is 6. The maximum absolute atomic E-state index is 9.07. The van der Waals surface area contributed by atoms with E-state index in [1.807, 2.05) is 55.5 Å². The number of benzene rings is 2. The molecule has 0 fully saturated rings. The Morgan fingerprint density at radius 1 is 1.09 bits per heavy atom. The van der Waals surface area contributed by atoms with Crippen molar-refractivity contribution in [2.75, 3.05) is 5.32 Å². The minimum Gasteiger partial charge on any atom is -0.392 e. The number of aryl methyl sites for hydroxylation is 1. The van der Waals surface area contributed by atoms with Gasteiger partial charge in [-0.1, -0.05) is 36.4 Å². The third kappa shape index (κ3) is 3.54. The van der Waals surface area contributed by atoms with Crippen molar-refractivity contribution in [1.29, 1.82) is 0 Å². The largest absolute Gasteiger partial charge is 0.392 e. The van der Waals surface area contributed by atoms with Crippen LogP contribution in [-0.2, 0) is 19.7 Å². The van der Waals surface area contributed by atoms with Gasteiger partial charge in [0.2, 0.25) is 0 Å². The summed E-state index contributed by atoms with van der Waals surface area (Å²) in [5.74, 6) is 0.767. The van der Waals surface area contributed by atoms with Gasteiger partial charge in [-0.2, -0.15) is 0 Å². The molecule has 0 aliphatic rings. The molecule has 0 spiro atoms. The molecule has 0 aliphatic carbocycles. The number of aromatic nitrogens is 4. The van der Waals surface area contributed by atoms with Gasteiger partial charge in [-0.3, -0.25) is 0 Å². The van der Waals surface area contributed by atoms with Crippen LogP contribution in [0.5, 0.6) is 0 Å². The van der Waals surface area contributed by atoms with Crippen LogP contribution in [0.15, 0.2) is 48.5 Å². The highest BCUT2D eigenvalue weighted by atomic mass is 16.3. The van der Waals surface area contributed by atoms with Gasteiger partial charge in [0.25, 0.3) is 0 Å². The summed E-state index contributed by atoms with van der Waals surface area (Å²) in [4.78, 5) is 0. The van der Waals surface area contributed by atoms with E-state index < -0.39 is 0 Å². The fourth-order valence-electron chi connectivity index (χ4n) is 2.36. The van der Waals surface area contributed by atoms with Gasteiger partial charge >= 0.3 is 0 Å². The standard InChI is InChI=1S/C17H19N5O/c1-2-22-17(19-20-21-22)15-4-3-5-16(10-15)18-11-13-6-8-14(12-23)9-7-13/h3-10,18,23H,2,11-12H2,1H3. The predicted molar refractivity (Wildman–Crippen MR) is 88.6 cm³/mol. The second kappa shape index (κ2) is 7.02. The normalized spacial score (nSPS) is 10.7. The van der Waals surface area contributed by atoms with Crippen molar-refractivity contribution in [3.8, 4) is 11.4 Å². The lowest BCUT2D eigenvalue weighted by molar-refractivity contribution is 0.282. The minimum absolute atomic E-state index is 0.0713. The van der Waals surface area contributed by atoms with Gasteiger partial charge in [-0.15, -0.1) is 5.10 Å². The summed E-state index contributed by atoms with van der Waals surface area (Å²) in [6.45, 7) is 3.53. The quantitative estimate of drug-likeness (QED) is 0.731. The van der Waals surface area contributed by atoms with Gasteiger partial charge < -0.3 is 10.4 Å². The number of anilines is 1. The SMILES string of the molecule is CCn1nnnc1-c1cccc(NCc2ccc(CO)cc2)c1. The maximum Gasteiger partial charge on any atom is 0.182 e. The summed E-state index contributed by atoms with van der Waals surface area (Å²) in [6, 6.07) is 15.9. The molecule has 0 unspecified atom stereocenters. The number of aliphatic hydroxyl groups is 1. The topological polar surface area (TPSA) is 75.9 Å². The lowest BCUT2D eigenvalue weighted by Crippen LogP contribution is -2.02. The first-order chi connectivity index (χ1) is 11.3. The molecule has 6 heteroatoms. The average Bonchev–Trinajstić information content (AvgIpc) is 3.09. The summed E-state index contributed by atoms with van der Waals surface area (Å²) in [7, 11) is 0. The third-order valence-corrected chi connectivity index (χ3v) is 3.65. The first-order valence-corrected chi connectivity index (χ1v) is 7.59. The molecule has 3 aromatic rings. The van der Waals surface area contributed by atoms with E-state index in [1.165, 1.54) is 0 Å². The highest BCUT2D eigenvalue weighted by Crippen LogP contribution is 2.20. The predicted octanol–water partition coefficient (Wildman–Crippen LogP) is 2.46. The van der Waals surface area contributed by atoms with E-state index in [2.05, 4.69) is 20.8 Å². The molecular weight excluding hydrogens is 290 g/mol. The van der Waals surface area contributed by atoms with Crippen molar-refractivity contribution in [3.63, 3.8) is 0 Å². The van der Waals surface area contributed by atoms with Crippen LogP contribution in [0.25, 0.3) is 11.4 Å². The van der Waals surface area contributed by atoms with Gasteiger partial charge in [-0.25, -0.2) is 4.68 Å². The van der Waals surface area contributed by atoms with Crippen molar-refractivity contribution >= 4 is 5.69 Å². The zero-order chi connectivity index (χ0) is 16.1. The monoisotopic (exact) mass is 309 g/mol. The number of tetrazole rings is 1. The maximum atomic E-state index is 9.07. The molecule has 2 N–H and O–H groups in total. The number of nitrogens with one attached hydrogen (secondary N) is 1. The van der Waals surface area contributed by atoms with E-state index in [0.717, 1.165) is 34.7 Å². The Bertz CT molecular complexity index is 767. The lowest BCUT2D eigenvalue weighted by atomic mass is 10.1. The van der Waals surface area contributed by atoms with E-state index in [4.69, 9.17) is 5.11 Å². The van der Waals surface area contributed by atoms with Crippen LogP contribution in [0.4, 0.5) is 5.69 Å². The summed E-state index contributed by atoms with van der Waals surface area (Å²) < 4.78 is 1.77. The molecule has 0 atom stereocenters. The molecule has 0 radical (unpaired) electrons. The average molecular weight is 309 g/mol. The van der Waals surface area contributed by atoms with Crippen molar-refractivity contribution in [2.24, 2.45) is 0 Å². The second-order valence-electron chi connectivity index (χ2n) is 5.23. The number of hydrogen-bond acceptors (Lipinski definition) is 5. The van der Waals surface area contributed by atoms with Crippen LogP contribution < -0.4 is 5.32 Å². The van der Waals surface area contributed by atoms with Crippen LogP contribution >= 0.6 is 0 Å². The van der Waals surface area contributed by atoms with Crippen LogP contribution in [-0.4, -0.2) is 25.3 Å². The summed E-state index contributed by atoms with van der Waals surface area (Å²) in [5.41, 5.74) is 4.07. The van der Waals surface area contributed by atoms with Crippen LogP contribution in [0, 0.1) is 0 Å². The lowest BCUT2D eigenvalue weighted by Gasteiger charge is -2.09. The van der Waals surface area contributed by atoms with E-state index in [-0.39, 0.29) is 6.61 Å². The molecule has 3 rings (SSSR count). The Kier molecular flexibility index (Phi) is 4.63. The van der Waals surface area contributed by atoms with Crippen molar-refractivity contribution in [3.05, 3.63) is 59.7 Å². The summed E-state index contributed by atoms with van der Waals surface area (Å²) in [5, 5.41) is 24.2. The van der Waals surface area contributed by atoms with Crippen molar-refractivity contribution < 1.29 is 5.11 Å². The Morgan fingerprint density at radius 3 is 2.61 bits per heavy atom. The molecule has 1 aromatic heterocycles. The second-order valence-corrected chi connectivity index (χ2v) is 5.23. The molecule has 23 heavy (non-hydrogen) atoms. The van der Waals surface area contributed by atoms with E-state index in [1.54, 1.807) is 4.68 Å². The molecule has 6 nitrogen and oxygen atoms in total. The molecule has 0 bridgehead atoms. The van der Waals surface area contributed by atoms with E-state index in [9.17, 15) is 0 Å². The minimum atomic E-state index is 0.0713. The molecule has 2 aromatic carbocycles. The Labute approximate surface area is 134 Å². The highest BCUT2D eigenvalue weighted by molar-refractivity contribution is 5.62. The van der Waals surface area contributed by atoms with Crippen molar-refractivity contribution in [2.45, 2.75) is 26.6 Å². The molecule has 118 valence electrons. The molecule has 0 saturated carbocycles. The van der Waals surface area contributed by atoms with Crippen LogP contribution in [0.1, 0.15) is 18.1 Å².